The Hall–Kier alpha value is -2.43. The molecule has 98 valence electrons. The lowest BCUT2D eigenvalue weighted by atomic mass is 10.1. The molecule has 2 rings (SSSR count). The zero-order valence-corrected chi connectivity index (χ0v) is 10.9. The van der Waals surface area contributed by atoms with E-state index in [4.69, 9.17) is 5.11 Å². The van der Waals surface area contributed by atoms with Gasteiger partial charge < -0.3 is 5.11 Å². The summed E-state index contributed by atoms with van der Waals surface area (Å²) in [6.45, 7) is 4.32. The lowest BCUT2D eigenvalue weighted by molar-refractivity contribution is -0.131. The number of rotatable bonds is 4. The van der Waals surface area contributed by atoms with Crippen molar-refractivity contribution in [1.29, 1.82) is 0 Å². The van der Waals surface area contributed by atoms with E-state index in [1.807, 2.05) is 42.8 Å². The van der Waals surface area contributed by atoms with Crippen molar-refractivity contribution >= 4 is 12.0 Å². The second-order valence-electron chi connectivity index (χ2n) is 4.23. The summed E-state index contributed by atoms with van der Waals surface area (Å²) in [5, 5.41) is 13.0. The monoisotopic (exact) mass is 257 g/mol. The SMILES string of the molecule is Cc1nc(C)n(Cc2ccccc2C=CC(=O)O)n1. The first kappa shape index (κ1) is 13.0. The molecule has 1 N–H and O–H groups in total. The van der Waals surface area contributed by atoms with E-state index in [2.05, 4.69) is 10.1 Å². The lowest BCUT2D eigenvalue weighted by Crippen LogP contribution is -2.05. The number of aromatic nitrogens is 3. The zero-order chi connectivity index (χ0) is 13.8. The summed E-state index contributed by atoms with van der Waals surface area (Å²) in [4.78, 5) is 14.8. The molecule has 0 aliphatic carbocycles. The first-order valence-corrected chi connectivity index (χ1v) is 5.93. The molecule has 0 saturated heterocycles. The normalized spacial score (nSPS) is 11.1. The van der Waals surface area contributed by atoms with Crippen LogP contribution in [0.2, 0.25) is 0 Å². The molecular weight excluding hydrogens is 242 g/mol. The highest BCUT2D eigenvalue weighted by atomic mass is 16.4. The van der Waals surface area contributed by atoms with Crippen molar-refractivity contribution in [2.24, 2.45) is 0 Å². The smallest absolute Gasteiger partial charge is 0.328 e. The Morgan fingerprint density at radius 2 is 2.11 bits per heavy atom. The van der Waals surface area contributed by atoms with E-state index < -0.39 is 5.97 Å². The molecule has 0 amide bonds. The summed E-state index contributed by atoms with van der Waals surface area (Å²) >= 11 is 0. The standard InChI is InChI=1S/C14H15N3O2/c1-10-15-11(2)17(16-10)9-13-6-4-3-5-12(13)7-8-14(18)19/h3-8H,9H2,1-2H3,(H,18,19). The van der Waals surface area contributed by atoms with Crippen LogP contribution in [0.1, 0.15) is 22.8 Å². The number of aryl methyl sites for hydroxylation is 2. The zero-order valence-electron chi connectivity index (χ0n) is 10.9. The van der Waals surface area contributed by atoms with Crippen molar-refractivity contribution in [3.63, 3.8) is 0 Å². The van der Waals surface area contributed by atoms with Crippen molar-refractivity contribution < 1.29 is 9.90 Å². The van der Waals surface area contributed by atoms with E-state index in [0.717, 1.165) is 28.9 Å². The molecule has 0 fully saturated rings. The molecule has 0 aliphatic heterocycles. The molecule has 1 aromatic heterocycles. The second kappa shape index (κ2) is 5.48. The van der Waals surface area contributed by atoms with Crippen LogP contribution >= 0.6 is 0 Å². The second-order valence-corrected chi connectivity index (χ2v) is 4.23. The molecule has 0 aliphatic rings. The van der Waals surface area contributed by atoms with Crippen LogP contribution in [0.25, 0.3) is 6.08 Å². The molecule has 5 heteroatoms. The molecule has 0 spiro atoms. The first-order valence-electron chi connectivity index (χ1n) is 5.93. The number of carboxylic acid groups (broad SMARTS) is 1. The Bertz CT molecular complexity index is 629. The van der Waals surface area contributed by atoms with E-state index >= 15 is 0 Å². The Kier molecular flexibility index (Phi) is 3.75. The van der Waals surface area contributed by atoms with Crippen LogP contribution < -0.4 is 0 Å². The van der Waals surface area contributed by atoms with Crippen molar-refractivity contribution in [1.82, 2.24) is 14.8 Å². The minimum absolute atomic E-state index is 0.576. The molecule has 2 aromatic rings. The van der Waals surface area contributed by atoms with Crippen molar-refractivity contribution in [3.8, 4) is 0 Å². The number of carbonyl (C=O) groups is 1. The molecular formula is C14H15N3O2. The number of aliphatic carboxylic acids is 1. The highest BCUT2D eigenvalue weighted by Gasteiger charge is 2.05. The van der Waals surface area contributed by atoms with Gasteiger partial charge in [0.15, 0.2) is 0 Å². The molecule has 0 bridgehead atoms. The van der Waals surface area contributed by atoms with E-state index in [0.29, 0.717) is 6.54 Å². The van der Waals surface area contributed by atoms with Crippen LogP contribution in [0.3, 0.4) is 0 Å². The number of carboxylic acids is 1. The third-order valence-corrected chi connectivity index (χ3v) is 2.74. The van der Waals surface area contributed by atoms with Gasteiger partial charge in [0.05, 0.1) is 6.54 Å². The van der Waals surface area contributed by atoms with E-state index in [-0.39, 0.29) is 0 Å². The summed E-state index contributed by atoms with van der Waals surface area (Å²) in [6, 6.07) is 7.64. The van der Waals surface area contributed by atoms with Crippen molar-refractivity contribution in [2.45, 2.75) is 20.4 Å². The van der Waals surface area contributed by atoms with Gasteiger partial charge in [0, 0.05) is 6.08 Å². The predicted molar refractivity (Wildman–Crippen MR) is 71.7 cm³/mol. The quantitative estimate of drug-likeness (QED) is 0.851. The summed E-state index contributed by atoms with van der Waals surface area (Å²) in [5.41, 5.74) is 1.88. The molecule has 0 unspecified atom stereocenters. The van der Waals surface area contributed by atoms with Crippen LogP contribution in [0.15, 0.2) is 30.3 Å². The van der Waals surface area contributed by atoms with Gasteiger partial charge in [-0.15, -0.1) is 0 Å². The third kappa shape index (κ3) is 3.28. The van der Waals surface area contributed by atoms with Crippen LogP contribution in [0.5, 0.6) is 0 Å². The fraction of sp³-hybridized carbons (Fsp3) is 0.214. The van der Waals surface area contributed by atoms with E-state index in [1.165, 1.54) is 0 Å². The van der Waals surface area contributed by atoms with Crippen molar-refractivity contribution in [3.05, 3.63) is 53.1 Å². The van der Waals surface area contributed by atoms with Gasteiger partial charge in [0.1, 0.15) is 11.6 Å². The van der Waals surface area contributed by atoms with Crippen LogP contribution in [0.4, 0.5) is 0 Å². The average Bonchev–Trinajstić information content (AvgIpc) is 2.67. The number of benzene rings is 1. The third-order valence-electron chi connectivity index (χ3n) is 2.74. The highest BCUT2D eigenvalue weighted by Crippen LogP contribution is 2.13. The van der Waals surface area contributed by atoms with Crippen molar-refractivity contribution in [2.75, 3.05) is 0 Å². The number of nitrogens with zero attached hydrogens (tertiary/aromatic N) is 3. The Morgan fingerprint density at radius 3 is 2.74 bits per heavy atom. The van der Waals surface area contributed by atoms with Gasteiger partial charge in [-0.3, -0.25) is 0 Å². The molecule has 1 aromatic carbocycles. The molecule has 0 atom stereocenters. The lowest BCUT2D eigenvalue weighted by Gasteiger charge is -2.07. The van der Waals surface area contributed by atoms with Gasteiger partial charge in [-0.05, 0) is 31.1 Å². The predicted octanol–water partition coefficient (Wildman–Crippen LogP) is 2.04. The van der Waals surface area contributed by atoms with Gasteiger partial charge in [-0.25, -0.2) is 14.5 Å². The van der Waals surface area contributed by atoms with Gasteiger partial charge in [-0.1, -0.05) is 24.3 Å². The van der Waals surface area contributed by atoms with Crippen LogP contribution in [0, 0.1) is 13.8 Å². The topological polar surface area (TPSA) is 68.0 Å². The highest BCUT2D eigenvalue weighted by molar-refractivity contribution is 5.85. The maximum Gasteiger partial charge on any atom is 0.328 e. The minimum Gasteiger partial charge on any atom is -0.478 e. The molecule has 5 nitrogen and oxygen atoms in total. The molecule has 0 radical (unpaired) electrons. The van der Waals surface area contributed by atoms with E-state index in [9.17, 15) is 4.79 Å². The molecule has 19 heavy (non-hydrogen) atoms. The van der Waals surface area contributed by atoms with E-state index in [1.54, 1.807) is 6.08 Å². The summed E-state index contributed by atoms with van der Waals surface area (Å²) in [7, 11) is 0. The maximum atomic E-state index is 10.6. The maximum absolute atomic E-state index is 10.6. The Labute approximate surface area is 111 Å². The largest absolute Gasteiger partial charge is 0.478 e. The van der Waals surface area contributed by atoms with Crippen LogP contribution in [-0.4, -0.2) is 25.8 Å². The van der Waals surface area contributed by atoms with Crippen LogP contribution in [-0.2, 0) is 11.3 Å². The first-order chi connectivity index (χ1) is 9.06. The Balaban J connectivity index is 2.30. The van der Waals surface area contributed by atoms with Gasteiger partial charge in [0.2, 0.25) is 0 Å². The molecule has 0 saturated carbocycles. The number of hydrogen-bond donors (Lipinski definition) is 1. The minimum atomic E-state index is -0.956. The summed E-state index contributed by atoms with van der Waals surface area (Å²) < 4.78 is 1.81. The van der Waals surface area contributed by atoms with Gasteiger partial charge in [-0.2, -0.15) is 5.10 Å². The average molecular weight is 257 g/mol. The fourth-order valence-electron chi connectivity index (χ4n) is 1.87. The summed E-state index contributed by atoms with van der Waals surface area (Å²) in [5.74, 6) is 0.619. The fourth-order valence-corrected chi connectivity index (χ4v) is 1.87. The summed E-state index contributed by atoms with van der Waals surface area (Å²) in [6.07, 6.45) is 2.73. The van der Waals surface area contributed by atoms with Gasteiger partial charge in [0.25, 0.3) is 0 Å². The van der Waals surface area contributed by atoms with Gasteiger partial charge >= 0.3 is 5.97 Å². The Morgan fingerprint density at radius 1 is 1.37 bits per heavy atom. The number of hydrogen-bond acceptors (Lipinski definition) is 3. The molecule has 1 heterocycles.